The van der Waals surface area contributed by atoms with Gasteiger partial charge in [0.15, 0.2) is 0 Å². The fourth-order valence-corrected chi connectivity index (χ4v) is 2.35. The lowest BCUT2D eigenvalue weighted by Gasteiger charge is -2.37. The molecule has 2 rings (SSSR count). The number of carbonyl (C=O) groups is 1. The zero-order valence-electron chi connectivity index (χ0n) is 10.2. The van der Waals surface area contributed by atoms with E-state index >= 15 is 0 Å². The van der Waals surface area contributed by atoms with Crippen molar-refractivity contribution >= 4 is 17.5 Å². The van der Waals surface area contributed by atoms with Crippen LogP contribution in [0, 0.1) is 0 Å². The van der Waals surface area contributed by atoms with Crippen LogP contribution >= 0.6 is 11.6 Å². The Hall–Kier alpha value is -1.00. The van der Waals surface area contributed by atoms with Crippen LogP contribution in [0.4, 0.5) is 0 Å². The summed E-state index contributed by atoms with van der Waals surface area (Å²) >= 11 is 5.96. The molecule has 0 aromatic carbocycles. The van der Waals surface area contributed by atoms with E-state index in [-0.39, 0.29) is 5.91 Å². The first-order valence-corrected chi connectivity index (χ1v) is 6.42. The van der Waals surface area contributed by atoms with Gasteiger partial charge < -0.3 is 14.8 Å². The van der Waals surface area contributed by atoms with Crippen LogP contribution in [0.3, 0.4) is 0 Å². The Labute approximate surface area is 107 Å². The van der Waals surface area contributed by atoms with Crippen molar-refractivity contribution in [2.24, 2.45) is 0 Å². The van der Waals surface area contributed by atoms with Gasteiger partial charge in [-0.15, -0.1) is 0 Å². The van der Waals surface area contributed by atoms with Crippen LogP contribution in [0.25, 0.3) is 0 Å². The average molecular weight is 256 g/mol. The minimum atomic E-state index is 0.0766. The van der Waals surface area contributed by atoms with E-state index in [1.807, 2.05) is 29.5 Å². The highest BCUT2D eigenvalue weighted by Gasteiger charge is 2.29. The van der Waals surface area contributed by atoms with Crippen molar-refractivity contribution in [3.05, 3.63) is 23.0 Å². The molecule has 17 heavy (non-hydrogen) atoms. The number of hydrogen-bond donors (Lipinski definition) is 1. The van der Waals surface area contributed by atoms with Crippen molar-refractivity contribution in [1.82, 2.24) is 14.8 Å². The molecule has 1 aliphatic heterocycles. The molecule has 0 bridgehead atoms. The lowest BCUT2D eigenvalue weighted by Crippen LogP contribution is -2.58. The molecule has 1 fully saturated rings. The molecule has 0 aliphatic carbocycles. The number of amides is 1. The molecule has 1 saturated heterocycles. The van der Waals surface area contributed by atoms with E-state index in [4.69, 9.17) is 11.6 Å². The molecule has 0 radical (unpaired) electrons. The van der Waals surface area contributed by atoms with Crippen LogP contribution in [0.2, 0.25) is 5.02 Å². The number of likely N-dealkylation sites (N-methyl/N-ethyl adjacent to an activating group) is 1. The van der Waals surface area contributed by atoms with E-state index in [0.29, 0.717) is 16.8 Å². The minimum Gasteiger partial charge on any atom is -0.342 e. The number of carbonyl (C=O) groups excluding carboxylic acids is 1. The van der Waals surface area contributed by atoms with Crippen LogP contribution in [-0.4, -0.2) is 41.1 Å². The fourth-order valence-electron chi connectivity index (χ4n) is 2.12. The second kappa shape index (κ2) is 5.10. The molecule has 1 N–H and O–H groups in total. The monoisotopic (exact) mass is 255 g/mol. The van der Waals surface area contributed by atoms with Crippen molar-refractivity contribution in [1.29, 1.82) is 0 Å². The Bertz CT molecular complexity index is 412. The maximum atomic E-state index is 12.4. The zero-order chi connectivity index (χ0) is 12.4. The highest BCUT2D eigenvalue weighted by Crippen LogP contribution is 2.18. The van der Waals surface area contributed by atoms with E-state index in [2.05, 4.69) is 5.32 Å². The second-order valence-corrected chi connectivity index (χ2v) is 4.67. The summed E-state index contributed by atoms with van der Waals surface area (Å²) in [5.41, 5.74) is 0.686. The molecule has 2 heterocycles. The van der Waals surface area contributed by atoms with Crippen LogP contribution in [0.15, 0.2) is 12.3 Å². The van der Waals surface area contributed by atoms with E-state index in [1.54, 1.807) is 6.07 Å². The molecule has 0 unspecified atom stereocenters. The molecular weight excluding hydrogens is 238 g/mol. The number of nitrogens with one attached hydrogen (secondary N) is 1. The average Bonchev–Trinajstić information content (AvgIpc) is 2.63. The summed E-state index contributed by atoms with van der Waals surface area (Å²) in [7, 11) is 0. The first-order valence-electron chi connectivity index (χ1n) is 6.04. The van der Waals surface area contributed by atoms with Crippen LogP contribution in [0.5, 0.6) is 0 Å². The van der Waals surface area contributed by atoms with Gasteiger partial charge in [0.05, 0.1) is 11.1 Å². The molecule has 1 aromatic heterocycles. The van der Waals surface area contributed by atoms with E-state index in [0.717, 1.165) is 26.2 Å². The Morgan fingerprint density at radius 3 is 2.76 bits per heavy atom. The smallest absolute Gasteiger partial charge is 0.270 e. The molecular formula is C12H18ClN3O. The summed E-state index contributed by atoms with van der Waals surface area (Å²) in [6.45, 7) is 7.29. The summed E-state index contributed by atoms with van der Waals surface area (Å²) in [4.78, 5) is 14.3. The molecule has 1 aliphatic rings. The predicted molar refractivity (Wildman–Crippen MR) is 68.5 cm³/mol. The molecule has 0 atom stereocenters. The Balaban J connectivity index is 2.21. The summed E-state index contributed by atoms with van der Waals surface area (Å²) < 4.78 is 1.90. The summed E-state index contributed by atoms with van der Waals surface area (Å²) in [5, 5.41) is 3.81. The van der Waals surface area contributed by atoms with Gasteiger partial charge in [-0.25, -0.2) is 0 Å². The van der Waals surface area contributed by atoms with Crippen molar-refractivity contribution < 1.29 is 4.79 Å². The third-order valence-corrected chi connectivity index (χ3v) is 3.43. The topological polar surface area (TPSA) is 37.3 Å². The SMILES string of the molecule is CCN(C(=O)c1cc(Cl)cn1CC)C1CNC1. The van der Waals surface area contributed by atoms with Gasteiger partial charge in [0.1, 0.15) is 5.69 Å². The van der Waals surface area contributed by atoms with Crippen molar-refractivity contribution in [3.8, 4) is 0 Å². The highest BCUT2D eigenvalue weighted by atomic mass is 35.5. The molecule has 0 saturated carbocycles. The third-order valence-electron chi connectivity index (χ3n) is 3.23. The second-order valence-electron chi connectivity index (χ2n) is 4.23. The number of aryl methyl sites for hydroxylation is 1. The number of rotatable bonds is 4. The van der Waals surface area contributed by atoms with E-state index < -0.39 is 0 Å². The standard InChI is InChI=1S/C12H18ClN3O/c1-3-15-8-9(13)5-11(15)12(17)16(4-2)10-6-14-7-10/h5,8,10,14H,3-4,6-7H2,1-2H3. The Kier molecular flexibility index (Phi) is 3.74. The Morgan fingerprint density at radius 1 is 1.59 bits per heavy atom. The van der Waals surface area contributed by atoms with Gasteiger partial charge in [-0.05, 0) is 19.9 Å². The maximum Gasteiger partial charge on any atom is 0.270 e. The van der Waals surface area contributed by atoms with Crippen LogP contribution in [0.1, 0.15) is 24.3 Å². The number of hydrogen-bond acceptors (Lipinski definition) is 2. The molecule has 5 heteroatoms. The summed E-state index contributed by atoms with van der Waals surface area (Å²) in [6.07, 6.45) is 1.81. The molecule has 0 spiro atoms. The summed E-state index contributed by atoms with van der Waals surface area (Å²) in [6, 6.07) is 2.08. The fraction of sp³-hybridized carbons (Fsp3) is 0.583. The maximum absolute atomic E-state index is 12.4. The van der Waals surface area contributed by atoms with Crippen LogP contribution < -0.4 is 5.32 Å². The van der Waals surface area contributed by atoms with Gasteiger partial charge in [-0.1, -0.05) is 11.6 Å². The number of nitrogens with zero attached hydrogens (tertiary/aromatic N) is 2. The van der Waals surface area contributed by atoms with Crippen molar-refractivity contribution in [2.45, 2.75) is 26.4 Å². The molecule has 1 amide bonds. The van der Waals surface area contributed by atoms with Gasteiger partial charge >= 0.3 is 0 Å². The summed E-state index contributed by atoms with van der Waals surface area (Å²) in [5.74, 6) is 0.0766. The van der Waals surface area contributed by atoms with Crippen LogP contribution in [-0.2, 0) is 6.54 Å². The zero-order valence-corrected chi connectivity index (χ0v) is 11.0. The number of aromatic nitrogens is 1. The van der Waals surface area contributed by atoms with Gasteiger partial charge in [-0.3, -0.25) is 4.79 Å². The van der Waals surface area contributed by atoms with Gasteiger partial charge in [0, 0.05) is 32.4 Å². The normalized spacial score (nSPS) is 15.7. The first kappa shape index (κ1) is 12.5. The largest absolute Gasteiger partial charge is 0.342 e. The van der Waals surface area contributed by atoms with E-state index in [9.17, 15) is 4.79 Å². The van der Waals surface area contributed by atoms with Gasteiger partial charge in [0.2, 0.25) is 0 Å². The van der Waals surface area contributed by atoms with Crippen molar-refractivity contribution in [2.75, 3.05) is 19.6 Å². The van der Waals surface area contributed by atoms with Crippen molar-refractivity contribution in [3.63, 3.8) is 0 Å². The predicted octanol–water partition coefficient (Wildman–Crippen LogP) is 1.60. The molecule has 4 nitrogen and oxygen atoms in total. The number of halogens is 1. The lowest BCUT2D eigenvalue weighted by atomic mass is 10.1. The first-order chi connectivity index (χ1) is 8.17. The Morgan fingerprint density at radius 2 is 2.29 bits per heavy atom. The highest BCUT2D eigenvalue weighted by molar-refractivity contribution is 6.31. The molecule has 1 aromatic rings. The van der Waals surface area contributed by atoms with Gasteiger partial charge in [-0.2, -0.15) is 0 Å². The lowest BCUT2D eigenvalue weighted by molar-refractivity contribution is 0.0619. The third kappa shape index (κ3) is 2.33. The quantitative estimate of drug-likeness (QED) is 0.887. The minimum absolute atomic E-state index is 0.0766. The van der Waals surface area contributed by atoms with Gasteiger partial charge in [0.25, 0.3) is 5.91 Å². The molecule has 94 valence electrons. The van der Waals surface area contributed by atoms with E-state index in [1.165, 1.54) is 0 Å².